The smallest absolute Gasteiger partial charge is 0.247 e. The minimum Gasteiger partial charge on any atom is -0.311 e. The van der Waals surface area contributed by atoms with Crippen molar-refractivity contribution in [3.05, 3.63) is 0 Å². The van der Waals surface area contributed by atoms with Crippen LogP contribution < -0.4 is 5.32 Å². The van der Waals surface area contributed by atoms with Crippen molar-refractivity contribution in [1.29, 1.82) is 0 Å². The Bertz CT molecular complexity index is 362. The third-order valence-corrected chi connectivity index (χ3v) is 4.49. The normalized spacial score (nSPS) is 29.2. The van der Waals surface area contributed by atoms with Gasteiger partial charge in [0.05, 0.1) is 24.7 Å². The molecule has 0 radical (unpaired) electrons. The van der Waals surface area contributed by atoms with Gasteiger partial charge in [0.15, 0.2) is 9.84 Å². The molecule has 92 valence electrons. The average molecular weight is 248 g/mol. The molecule has 0 aromatic rings. The van der Waals surface area contributed by atoms with Crippen LogP contribution in [0.25, 0.3) is 0 Å². The summed E-state index contributed by atoms with van der Waals surface area (Å²) in [5, 5.41) is 4.38. The second-order valence-electron chi connectivity index (χ2n) is 4.15. The Balaban J connectivity index is 1.86. The standard InChI is InChI=1S/C9H16N2O4S/c12-9(11-3-1-4-15-11)6-8-7-16(13,14)5-2-10-8/h8,10H,1-7H2. The minimum atomic E-state index is -2.98. The number of carbonyl (C=O) groups excluding carboxylic acids is 1. The fourth-order valence-corrected chi connectivity index (χ4v) is 3.40. The molecule has 0 saturated carbocycles. The van der Waals surface area contributed by atoms with Crippen molar-refractivity contribution < 1.29 is 18.0 Å². The van der Waals surface area contributed by atoms with E-state index in [-0.39, 0.29) is 29.9 Å². The van der Waals surface area contributed by atoms with Gasteiger partial charge < -0.3 is 5.32 Å². The van der Waals surface area contributed by atoms with Crippen LogP contribution in [0.3, 0.4) is 0 Å². The molecule has 2 aliphatic rings. The molecule has 2 fully saturated rings. The Labute approximate surface area is 94.8 Å². The average Bonchev–Trinajstić information content (AvgIpc) is 2.68. The Kier molecular flexibility index (Phi) is 3.46. The van der Waals surface area contributed by atoms with E-state index >= 15 is 0 Å². The first-order chi connectivity index (χ1) is 7.57. The molecule has 1 atom stereocenters. The lowest BCUT2D eigenvalue weighted by Gasteiger charge is -2.24. The number of carbonyl (C=O) groups is 1. The zero-order chi connectivity index (χ0) is 11.6. The summed E-state index contributed by atoms with van der Waals surface area (Å²) in [6, 6.07) is -0.268. The molecule has 2 heterocycles. The topological polar surface area (TPSA) is 75.7 Å². The summed E-state index contributed by atoms with van der Waals surface area (Å²) in [5.74, 6) is 0.0805. The van der Waals surface area contributed by atoms with Crippen LogP contribution in [-0.2, 0) is 19.5 Å². The van der Waals surface area contributed by atoms with Gasteiger partial charge in [0.2, 0.25) is 5.91 Å². The molecule has 1 amide bonds. The summed E-state index contributed by atoms with van der Waals surface area (Å²) < 4.78 is 22.7. The van der Waals surface area contributed by atoms with E-state index in [2.05, 4.69) is 5.32 Å². The fraction of sp³-hybridized carbons (Fsp3) is 0.889. The monoisotopic (exact) mass is 248 g/mol. The Hall–Kier alpha value is -0.660. The first kappa shape index (κ1) is 11.8. The maximum absolute atomic E-state index is 11.7. The van der Waals surface area contributed by atoms with Crippen LogP contribution in [0, 0.1) is 0 Å². The molecule has 7 heteroatoms. The lowest BCUT2D eigenvalue weighted by atomic mass is 10.2. The molecule has 0 spiro atoms. The second-order valence-corrected chi connectivity index (χ2v) is 6.38. The van der Waals surface area contributed by atoms with Gasteiger partial charge in [0.25, 0.3) is 0 Å². The quantitative estimate of drug-likeness (QED) is 0.673. The number of nitrogens with one attached hydrogen (secondary N) is 1. The molecule has 1 N–H and O–H groups in total. The number of sulfone groups is 1. The van der Waals surface area contributed by atoms with Crippen LogP contribution >= 0.6 is 0 Å². The van der Waals surface area contributed by atoms with E-state index < -0.39 is 9.84 Å². The van der Waals surface area contributed by atoms with Crippen LogP contribution in [0.2, 0.25) is 0 Å². The van der Waals surface area contributed by atoms with E-state index in [0.29, 0.717) is 19.7 Å². The molecule has 2 aliphatic heterocycles. The summed E-state index contributed by atoms with van der Waals surface area (Å²) in [6.45, 7) is 1.61. The zero-order valence-electron chi connectivity index (χ0n) is 9.02. The molecule has 1 unspecified atom stereocenters. The number of nitrogens with zero attached hydrogens (tertiary/aromatic N) is 1. The van der Waals surface area contributed by atoms with Crippen molar-refractivity contribution in [1.82, 2.24) is 10.4 Å². The minimum absolute atomic E-state index is 0.0482. The third-order valence-electron chi connectivity index (χ3n) is 2.75. The number of amides is 1. The Morgan fingerprint density at radius 1 is 1.50 bits per heavy atom. The highest BCUT2D eigenvalue weighted by Crippen LogP contribution is 2.10. The third kappa shape index (κ3) is 2.93. The van der Waals surface area contributed by atoms with Gasteiger partial charge in [0, 0.05) is 19.0 Å². The van der Waals surface area contributed by atoms with E-state index in [0.717, 1.165) is 6.42 Å². The number of rotatable bonds is 2. The van der Waals surface area contributed by atoms with Gasteiger partial charge in [-0.05, 0) is 6.42 Å². The fourth-order valence-electron chi connectivity index (χ4n) is 1.96. The maximum Gasteiger partial charge on any atom is 0.247 e. The van der Waals surface area contributed by atoms with Crippen LogP contribution in [-0.4, -0.2) is 56.6 Å². The van der Waals surface area contributed by atoms with Crippen molar-refractivity contribution in [3.8, 4) is 0 Å². The van der Waals surface area contributed by atoms with Crippen LogP contribution in [0.4, 0.5) is 0 Å². The lowest BCUT2D eigenvalue weighted by molar-refractivity contribution is -0.169. The highest BCUT2D eigenvalue weighted by molar-refractivity contribution is 7.91. The van der Waals surface area contributed by atoms with Crippen LogP contribution in [0.15, 0.2) is 0 Å². The van der Waals surface area contributed by atoms with Gasteiger partial charge in [-0.1, -0.05) is 0 Å². The van der Waals surface area contributed by atoms with Crippen molar-refractivity contribution in [2.45, 2.75) is 18.9 Å². The van der Waals surface area contributed by atoms with Crippen molar-refractivity contribution in [2.24, 2.45) is 0 Å². The maximum atomic E-state index is 11.7. The number of hydrogen-bond donors (Lipinski definition) is 1. The van der Waals surface area contributed by atoms with Crippen molar-refractivity contribution in [2.75, 3.05) is 31.2 Å². The molecule has 0 bridgehead atoms. The molecule has 0 aromatic carbocycles. The predicted molar refractivity (Wildman–Crippen MR) is 57.3 cm³/mol. The van der Waals surface area contributed by atoms with E-state index in [1.54, 1.807) is 0 Å². The van der Waals surface area contributed by atoms with E-state index in [4.69, 9.17) is 4.84 Å². The van der Waals surface area contributed by atoms with Crippen LogP contribution in [0.1, 0.15) is 12.8 Å². The lowest BCUT2D eigenvalue weighted by Crippen LogP contribution is -2.47. The number of hydrogen-bond acceptors (Lipinski definition) is 5. The Morgan fingerprint density at radius 3 is 2.94 bits per heavy atom. The summed E-state index contributed by atoms with van der Waals surface area (Å²) in [5.41, 5.74) is 0. The van der Waals surface area contributed by atoms with E-state index in [9.17, 15) is 13.2 Å². The SMILES string of the molecule is O=C(CC1CS(=O)(=O)CCN1)N1CCCO1. The van der Waals surface area contributed by atoms with Gasteiger partial charge in [0.1, 0.15) is 0 Å². The van der Waals surface area contributed by atoms with E-state index in [1.807, 2.05) is 0 Å². The number of hydroxylamine groups is 2. The second kappa shape index (κ2) is 4.68. The summed E-state index contributed by atoms with van der Waals surface area (Å²) in [6.07, 6.45) is 1.04. The molecule has 0 aromatic heterocycles. The molecular weight excluding hydrogens is 232 g/mol. The molecule has 16 heavy (non-hydrogen) atoms. The first-order valence-corrected chi connectivity index (χ1v) is 7.26. The van der Waals surface area contributed by atoms with Gasteiger partial charge in [-0.2, -0.15) is 0 Å². The molecular formula is C9H16N2O4S. The molecule has 2 saturated heterocycles. The summed E-state index contributed by atoms with van der Waals surface area (Å²) >= 11 is 0. The zero-order valence-corrected chi connectivity index (χ0v) is 9.83. The van der Waals surface area contributed by atoms with Gasteiger partial charge >= 0.3 is 0 Å². The predicted octanol–water partition coefficient (Wildman–Crippen LogP) is -1.07. The summed E-state index contributed by atoms with van der Waals surface area (Å²) in [4.78, 5) is 16.8. The van der Waals surface area contributed by atoms with E-state index in [1.165, 1.54) is 5.06 Å². The summed E-state index contributed by atoms with van der Waals surface area (Å²) in [7, 11) is -2.98. The molecule has 0 aliphatic carbocycles. The van der Waals surface area contributed by atoms with Gasteiger partial charge in [-0.25, -0.2) is 13.5 Å². The van der Waals surface area contributed by atoms with Crippen molar-refractivity contribution in [3.63, 3.8) is 0 Å². The molecule has 6 nitrogen and oxygen atoms in total. The van der Waals surface area contributed by atoms with Crippen LogP contribution in [0.5, 0.6) is 0 Å². The van der Waals surface area contributed by atoms with Gasteiger partial charge in [-0.3, -0.25) is 9.63 Å². The van der Waals surface area contributed by atoms with Crippen molar-refractivity contribution >= 4 is 15.7 Å². The highest BCUT2D eigenvalue weighted by Gasteiger charge is 2.28. The highest BCUT2D eigenvalue weighted by atomic mass is 32.2. The largest absolute Gasteiger partial charge is 0.311 e. The first-order valence-electron chi connectivity index (χ1n) is 5.44. The Morgan fingerprint density at radius 2 is 2.31 bits per heavy atom. The molecule has 2 rings (SSSR count). The van der Waals surface area contributed by atoms with Gasteiger partial charge in [-0.15, -0.1) is 0 Å².